The fourth-order valence-corrected chi connectivity index (χ4v) is 2.50. The average molecular weight is 227 g/mol. The van der Waals surface area contributed by atoms with Crippen LogP contribution in [0.2, 0.25) is 0 Å². The minimum atomic E-state index is 0.182. The van der Waals surface area contributed by atoms with Crippen molar-refractivity contribution in [2.45, 2.75) is 39.3 Å². The molecule has 1 saturated carbocycles. The van der Waals surface area contributed by atoms with E-state index in [0.717, 1.165) is 18.2 Å². The Kier molecular flexibility index (Phi) is 2.93. The molecule has 0 radical (unpaired) electrons. The Morgan fingerprint density at radius 3 is 3.00 bits per heavy atom. The van der Waals surface area contributed by atoms with E-state index < -0.39 is 0 Å². The first-order chi connectivity index (χ1) is 7.14. The number of anilines is 1. The maximum atomic E-state index is 5.67. The molecule has 1 aromatic heterocycles. The van der Waals surface area contributed by atoms with Crippen molar-refractivity contribution in [2.75, 3.05) is 11.9 Å². The molecular weight excluding hydrogens is 210 g/mol. The lowest BCUT2D eigenvalue weighted by molar-refractivity contribution is -0.0976. The van der Waals surface area contributed by atoms with Crippen LogP contribution in [-0.2, 0) is 4.74 Å². The zero-order valence-corrected chi connectivity index (χ0v) is 10.2. The molecule has 1 aromatic rings. The summed E-state index contributed by atoms with van der Waals surface area (Å²) >= 11 is 1.54. The predicted molar refractivity (Wildman–Crippen MR) is 61.1 cm³/mol. The molecule has 0 saturated heterocycles. The van der Waals surface area contributed by atoms with Gasteiger partial charge in [0.25, 0.3) is 0 Å². The number of rotatable bonds is 4. The Morgan fingerprint density at radius 1 is 1.67 bits per heavy atom. The fourth-order valence-electron chi connectivity index (χ4n) is 2.00. The molecule has 1 N–H and O–H groups in total. The third-order valence-corrected chi connectivity index (χ3v) is 3.83. The van der Waals surface area contributed by atoms with Gasteiger partial charge in [-0.2, -0.15) is 0 Å². The summed E-state index contributed by atoms with van der Waals surface area (Å²) in [5.41, 5.74) is 1.93. The SMILES string of the molecule is CCOC1CC(Nc2nncs2)C1(C)C. The summed E-state index contributed by atoms with van der Waals surface area (Å²) in [5, 5.41) is 12.1. The number of ether oxygens (including phenoxy) is 1. The Bertz CT molecular complexity index is 312. The van der Waals surface area contributed by atoms with Crippen LogP contribution in [-0.4, -0.2) is 29.0 Å². The van der Waals surface area contributed by atoms with Crippen molar-refractivity contribution in [1.29, 1.82) is 0 Å². The molecule has 2 unspecified atom stereocenters. The number of aromatic nitrogens is 2. The quantitative estimate of drug-likeness (QED) is 0.856. The minimum Gasteiger partial charge on any atom is -0.378 e. The summed E-state index contributed by atoms with van der Waals surface area (Å²) in [6.07, 6.45) is 1.42. The smallest absolute Gasteiger partial charge is 0.205 e. The molecule has 0 spiro atoms. The van der Waals surface area contributed by atoms with Crippen LogP contribution in [0.4, 0.5) is 5.13 Å². The lowest BCUT2D eigenvalue weighted by atomic mass is 9.64. The highest BCUT2D eigenvalue weighted by molar-refractivity contribution is 7.13. The van der Waals surface area contributed by atoms with E-state index in [2.05, 4.69) is 29.4 Å². The van der Waals surface area contributed by atoms with Crippen LogP contribution in [0.3, 0.4) is 0 Å². The summed E-state index contributed by atoms with van der Waals surface area (Å²) in [7, 11) is 0. The molecule has 4 nitrogen and oxygen atoms in total. The van der Waals surface area contributed by atoms with Crippen molar-refractivity contribution in [2.24, 2.45) is 5.41 Å². The van der Waals surface area contributed by atoms with Gasteiger partial charge in [0.15, 0.2) is 0 Å². The molecule has 2 atom stereocenters. The fraction of sp³-hybridized carbons (Fsp3) is 0.800. The van der Waals surface area contributed by atoms with Crippen LogP contribution in [0, 0.1) is 5.41 Å². The van der Waals surface area contributed by atoms with Gasteiger partial charge in [-0.25, -0.2) is 0 Å². The van der Waals surface area contributed by atoms with E-state index in [1.54, 1.807) is 16.8 Å². The van der Waals surface area contributed by atoms with Crippen molar-refractivity contribution in [1.82, 2.24) is 10.2 Å². The standard InChI is InChI=1S/C10H17N3OS/c1-4-14-8-5-7(10(8,2)3)12-9-13-11-6-15-9/h6-8H,4-5H2,1-3H3,(H,12,13). The number of hydrogen-bond donors (Lipinski definition) is 1. The molecule has 0 amide bonds. The zero-order chi connectivity index (χ0) is 10.9. The molecule has 5 heteroatoms. The summed E-state index contributed by atoms with van der Waals surface area (Å²) in [4.78, 5) is 0. The molecule has 0 bridgehead atoms. The lowest BCUT2D eigenvalue weighted by Gasteiger charge is -2.51. The second kappa shape index (κ2) is 4.06. The Hall–Kier alpha value is -0.680. The molecule has 0 aromatic carbocycles. The van der Waals surface area contributed by atoms with Gasteiger partial charge in [0.05, 0.1) is 6.10 Å². The van der Waals surface area contributed by atoms with Gasteiger partial charge in [-0.05, 0) is 13.3 Å². The highest BCUT2D eigenvalue weighted by Gasteiger charge is 2.49. The number of hydrogen-bond acceptors (Lipinski definition) is 5. The zero-order valence-electron chi connectivity index (χ0n) is 9.36. The molecular formula is C10H17N3OS. The van der Waals surface area contributed by atoms with Crippen molar-refractivity contribution < 1.29 is 4.74 Å². The van der Waals surface area contributed by atoms with Crippen LogP contribution >= 0.6 is 11.3 Å². The van der Waals surface area contributed by atoms with E-state index in [1.807, 2.05) is 6.92 Å². The highest BCUT2D eigenvalue weighted by atomic mass is 32.1. The van der Waals surface area contributed by atoms with Gasteiger partial charge in [-0.1, -0.05) is 25.2 Å². The van der Waals surface area contributed by atoms with E-state index >= 15 is 0 Å². The van der Waals surface area contributed by atoms with Crippen molar-refractivity contribution >= 4 is 16.5 Å². The second-order valence-corrected chi connectivity index (χ2v) is 5.28. The Labute approximate surface area is 94.1 Å². The van der Waals surface area contributed by atoms with Gasteiger partial charge in [0.1, 0.15) is 5.51 Å². The van der Waals surface area contributed by atoms with E-state index in [4.69, 9.17) is 4.74 Å². The van der Waals surface area contributed by atoms with Crippen molar-refractivity contribution in [3.05, 3.63) is 5.51 Å². The molecule has 1 fully saturated rings. The highest BCUT2D eigenvalue weighted by Crippen LogP contribution is 2.44. The normalized spacial score (nSPS) is 28.5. The third kappa shape index (κ3) is 1.99. The molecule has 84 valence electrons. The second-order valence-electron chi connectivity index (χ2n) is 4.44. The maximum Gasteiger partial charge on any atom is 0.205 e. The first-order valence-corrected chi connectivity index (χ1v) is 6.17. The van der Waals surface area contributed by atoms with Crippen LogP contribution < -0.4 is 5.32 Å². The molecule has 1 aliphatic rings. The van der Waals surface area contributed by atoms with Crippen LogP contribution in [0.25, 0.3) is 0 Å². The van der Waals surface area contributed by atoms with Gasteiger partial charge < -0.3 is 10.1 Å². The van der Waals surface area contributed by atoms with Gasteiger partial charge in [-0.15, -0.1) is 10.2 Å². The van der Waals surface area contributed by atoms with Crippen LogP contribution in [0.1, 0.15) is 27.2 Å². The largest absolute Gasteiger partial charge is 0.378 e. The van der Waals surface area contributed by atoms with Crippen molar-refractivity contribution in [3.8, 4) is 0 Å². The topological polar surface area (TPSA) is 47.0 Å². The summed E-state index contributed by atoms with van der Waals surface area (Å²) in [5.74, 6) is 0. The van der Waals surface area contributed by atoms with Gasteiger partial charge in [0.2, 0.25) is 5.13 Å². The number of nitrogens with one attached hydrogen (secondary N) is 1. The molecule has 1 heterocycles. The van der Waals surface area contributed by atoms with E-state index in [0.29, 0.717) is 12.1 Å². The first-order valence-electron chi connectivity index (χ1n) is 5.29. The van der Waals surface area contributed by atoms with Crippen molar-refractivity contribution in [3.63, 3.8) is 0 Å². The van der Waals surface area contributed by atoms with E-state index in [9.17, 15) is 0 Å². The predicted octanol–water partition coefficient (Wildman–Crippen LogP) is 2.15. The first kappa shape index (κ1) is 10.8. The number of nitrogens with zero attached hydrogens (tertiary/aromatic N) is 2. The molecule has 0 aliphatic heterocycles. The van der Waals surface area contributed by atoms with Crippen LogP contribution in [0.5, 0.6) is 0 Å². The van der Waals surface area contributed by atoms with Gasteiger partial charge >= 0.3 is 0 Å². The molecule has 1 aliphatic carbocycles. The monoisotopic (exact) mass is 227 g/mol. The van der Waals surface area contributed by atoms with E-state index in [-0.39, 0.29) is 5.41 Å². The van der Waals surface area contributed by atoms with Gasteiger partial charge in [0, 0.05) is 18.1 Å². The average Bonchev–Trinajstić information content (AvgIpc) is 2.69. The molecule has 15 heavy (non-hydrogen) atoms. The summed E-state index contributed by atoms with van der Waals surface area (Å²) in [6, 6.07) is 0.446. The minimum absolute atomic E-state index is 0.182. The summed E-state index contributed by atoms with van der Waals surface area (Å²) in [6.45, 7) is 7.30. The Balaban J connectivity index is 1.92. The van der Waals surface area contributed by atoms with Gasteiger partial charge in [-0.3, -0.25) is 0 Å². The molecule has 2 rings (SSSR count). The maximum absolute atomic E-state index is 5.67. The van der Waals surface area contributed by atoms with E-state index in [1.165, 1.54) is 0 Å². The van der Waals surface area contributed by atoms with Crippen LogP contribution in [0.15, 0.2) is 5.51 Å². The third-order valence-electron chi connectivity index (χ3n) is 3.20. The Morgan fingerprint density at radius 2 is 2.47 bits per heavy atom. The lowest BCUT2D eigenvalue weighted by Crippen LogP contribution is -2.58. The summed E-state index contributed by atoms with van der Waals surface area (Å²) < 4.78 is 5.67.